The van der Waals surface area contributed by atoms with Crippen LogP contribution in [0.3, 0.4) is 0 Å². The summed E-state index contributed by atoms with van der Waals surface area (Å²) < 4.78 is 5.32. The van der Waals surface area contributed by atoms with Crippen LogP contribution in [0.25, 0.3) is 0 Å². The molecule has 0 saturated carbocycles. The summed E-state index contributed by atoms with van der Waals surface area (Å²) >= 11 is 6.07. The summed E-state index contributed by atoms with van der Waals surface area (Å²) in [6.07, 6.45) is 0.724. The monoisotopic (exact) mass is 390 g/mol. The number of hydrogen-bond acceptors (Lipinski definition) is 5. The molecule has 0 spiro atoms. The van der Waals surface area contributed by atoms with Crippen LogP contribution in [0.15, 0.2) is 42.5 Å². The Labute approximate surface area is 165 Å². The first-order chi connectivity index (χ1) is 13.1. The normalized spacial score (nSPS) is 18.6. The van der Waals surface area contributed by atoms with E-state index in [4.69, 9.17) is 16.3 Å². The molecule has 0 bridgehead atoms. The van der Waals surface area contributed by atoms with E-state index in [1.54, 1.807) is 19.2 Å². The molecule has 0 aromatic heterocycles. The van der Waals surface area contributed by atoms with E-state index in [-0.39, 0.29) is 18.4 Å². The number of benzene rings is 2. The molecule has 0 amide bonds. The molecule has 1 heterocycles. The Morgan fingerprint density at radius 1 is 1.15 bits per heavy atom. The van der Waals surface area contributed by atoms with E-state index >= 15 is 0 Å². The quantitative estimate of drug-likeness (QED) is 0.760. The second-order valence-electron chi connectivity index (χ2n) is 7.00. The molecule has 1 atom stereocenters. The van der Waals surface area contributed by atoms with Crippen molar-refractivity contribution in [2.75, 3.05) is 33.4 Å². The van der Waals surface area contributed by atoms with E-state index in [9.17, 15) is 10.2 Å². The number of aromatic hydroxyl groups is 1. The Bertz CT molecular complexity index is 756. The van der Waals surface area contributed by atoms with E-state index in [0.717, 1.165) is 43.9 Å². The van der Waals surface area contributed by atoms with Crippen molar-refractivity contribution in [3.05, 3.63) is 58.6 Å². The number of rotatable bonds is 7. The smallest absolute Gasteiger partial charge is 0.120 e. The fourth-order valence-corrected chi connectivity index (χ4v) is 3.85. The molecule has 5 nitrogen and oxygen atoms in total. The highest BCUT2D eigenvalue weighted by atomic mass is 35.5. The van der Waals surface area contributed by atoms with Crippen molar-refractivity contribution in [3.63, 3.8) is 0 Å². The summed E-state index contributed by atoms with van der Waals surface area (Å²) in [6.45, 7) is 4.30. The van der Waals surface area contributed by atoms with Gasteiger partial charge in [-0.1, -0.05) is 23.7 Å². The molecule has 1 saturated heterocycles. The number of nitrogens with zero attached hydrogens (tertiary/aromatic N) is 2. The zero-order valence-electron chi connectivity index (χ0n) is 15.6. The van der Waals surface area contributed by atoms with Crippen LogP contribution >= 0.6 is 11.6 Å². The fraction of sp³-hybridized carbons (Fsp3) is 0.429. The third-order valence-electron chi connectivity index (χ3n) is 5.11. The Hall–Kier alpha value is -1.79. The summed E-state index contributed by atoms with van der Waals surface area (Å²) in [6, 6.07) is 13.5. The van der Waals surface area contributed by atoms with Gasteiger partial charge in [0.2, 0.25) is 0 Å². The molecule has 0 radical (unpaired) electrons. The second-order valence-corrected chi connectivity index (χ2v) is 7.43. The maximum Gasteiger partial charge on any atom is 0.120 e. The Kier molecular flexibility index (Phi) is 6.96. The minimum absolute atomic E-state index is 0.162. The molecule has 2 aromatic rings. The van der Waals surface area contributed by atoms with Gasteiger partial charge >= 0.3 is 0 Å². The lowest BCUT2D eigenvalue weighted by Crippen LogP contribution is -2.52. The van der Waals surface area contributed by atoms with Crippen molar-refractivity contribution in [3.8, 4) is 11.5 Å². The number of methoxy groups -OCH3 is 1. The average Bonchev–Trinajstić information content (AvgIpc) is 2.67. The third-order valence-corrected chi connectivity index (χ3v) is 5.34. The lowest BCUT2D eigenvalue weighted by Gasteiger charge is -2.41. The Morgan fingerprint density at radius 2 is 2.00 bits per heavy atom. The van der Waals surface area contributed by atoms with Crippen LogP contribution in [-0.4, -0.2) is 59.4 Å². The molecule has 27 heavy (non-hydrogen) atoms. The predicted octanol–water partition coefficient (Wildman–Crippen LogP) is 3.12. The molecule has 1 unspecified atom stereocenters. The number of halogens is 1. The molecule has 3 rings (SSSR count). The lowest BCUT2D eigenvalue weighted by atomic mass is 10.1. The zero-order valence-corrected chi connectivity index (χ0v) is 16.4. The average molecular weight is 391 g/mol. The topological polar surface area (TPSA) is 56.2 Å². The maximum atomic E-state index is 10.1. The van der Waals surface area contributed by atoms with Crippen LogP contribution in [0.2, 0.25) is 5.02 Å². The van der Waals surface area contributed by atoms with Crippen molar-refractivity contribution in [2.45, 2.75) is 25.6 Å². The second kappa shape index (κ2) is 9.42. The first-order valence-corrected chi connectivity index (χ1v) is 9.64. The molecular formula is C21H27ClN2O3. The number of piperazine rings is 1. The number of phenols is 1. The van der Waals surface area contributed by atoms with Crippen molar-refractivity contribution < 1.29 is 14.9 Å². The predicted molar refractivity (Wildman–Crippen MR) is 107 cm³/mol. The molecule has 2 N–H and O–H groups in total. The van der Waals surface area contributed by atoms with Crippen molar-refractivity contribution in [2.24, 2.45) is 0 Å². The van der Waals surface area contributed by atoms with Gasteiger partial charge in [0.15, 0.2) is 0 Å². The Morgan fingerprint density at radius 3 is 2.78 bits per heavy atom. The number of aliphatic hydroxyl groups is 1. The van der Waals surface area contributed by atoms with E-state index < -0.39 is 0 Å². The van der Waals surface area contributed by atoms with Crippen molar-refractivity contribution >= 4 is 11.6 Å². The van der Waals surface area contributed by atoms with Gasteiger partial charge in [-0.3, -0.25) is 9.80 Å². The van der Waals surface area contributed by atoms with Crippen LogP contribution in [0.1, 0.15) is 17.5 Å². The Balaban J connectivity index is 1.66. The summed E-state index contributed by atoms with van der Waals surface area (Å²) in [5.74, 6) is 1.14. The van der Waals surface area contributed by atoms with Crippen molar-refractivity contribution in [1.82, 2.24) is 9.80 Å². The first-order valence-electron chi connectivity index (χ1n) is 9.26. The summed E-state index contributed by atoms with van der Waals surface area (Å²) in [7, 11) is 1.68. The molecule has 6 heteroatoms. The van der Waals surface area contributed by atoms with Crippen LogP contribution < -0.4 is 4.74 Å². The van der Waals surface area contributed by atoms with Gasteiger partial charge < -0.3 is 14.9 Å². The van der Waals surface area contributed by atoms with Gasteiger partial charge in [0.1, 0.15) is 11.5 Å². The number of phenolic OH excluding ortho intramolecular Hbond substituents is 1. The van der Waals surface area contributed by atoms with Gasteiger partial charge in [-0.15, -0.1) is 0 Å². The van der Waals surface area contributed by atoms with E-state index in [2.05, 4.69) is 21.9 Å². The van der Waals surface area contributed by atoms with Gasteiger partial charge in [-0.2, -0.15) is 0 Å². The highest BCUT2D eigenvalue weighted by Gasteiger charge is 2.27. The van der Waals surface area contributed by atoms with E-state index in [1.165, 1.54) is 5.56 Å². The summed E-state index contributed by atoms with van der Waals surface area (Å²) in [5.41, 5.74) is 2.05. The number of hydrogen-bond donors (Lipinski definition) is 2. The van der Waals surface area contributed by atoms with Gasteiger partial charge in [-0.05, 0) is 42.3 Å². The molecule has 146 valence electrons. The third kappa shape index (κ3) is 5.36. The standard InChI is InChI=1S/C21H27ClN2O3/c1-27-20-4-2-3-16(11-20)13-24-9-8-23(15-19(24)7-10-25)14-17-12-18(22)5-6-21(17)26/h2-6,11-12,19,25-26H,7-10,13-15H2,1H3. The fourth-order valence-electron chi connectivity index (χ4n) is 3.66. The number of aliphatic hydroxyl groups excluding tert-OH is 1. The minimum Gasteiger partial charge on any atom is -0.508 e. The summed E-state index contributed by atoms with van der Waals surface area (Å²) in [5, 5.41) is 20.2. The van der Waals surface area contributed by atoms with Crippen LogP contribution in [0.5, 0.6) is 11.5 Å². The number of ether oxygens (including phenoxy) is 1. The van der Waals surface area contributed by atoms with Gasteiger partial charge in [0, 0.05) is 56.0 Å². The van der Waals surface area contributed by atoms with Gasteiger partial charge in [0.25, 0.3) is 0 Å². The van der Waals surface area contributed by atoms with E-state index in [1.807, 2.05) is 18.2 Å². The first kappa shape index (κ1) is 20.0. The van der Waals surface area contributed by atoms with Crippen molar-refractivity contribution in [1.29, 1.82) is 0 Å². The molecule has 2 aromatic carbocycles. The largest absolute Gasteiger partial charge is 0.508 e. The van der Waals surface area contributed by atoms with Crippen LogP contribution in [-0.2, 0) is 13.1 Å². The van der Waals surface area contributed by atoms with Gasteiger partial charge in [0.05, 0.1) is 7.11 Å². The molecule has 0 aliphatic carbocycles. The summed E-state index contributed by atoms with van der Waals surface area (Å²) in [4.78, 5) is 4.73. The van der Waals surface area contributed by atoms with Crippen LogP contribution in [0.4, 0.5) is 0 Å². The highest BCUT2D eigenvalue weighted by molar-refractivity contribution is 6.30. The highest BCUT2D eigenvalue weighted by Crippen LogP contribution is 2.25. The molecule has 1 aliphatic heterocycles. The minimum atomic E-state index is 0.162. The molecule has 1 fully saturated rings. The SMILES string of the molecule is COc1cccc(CN2CCN(Cc3cc(Cl)ccc3O)CC2CCO)c1. The van der Waals surface area contributed by atoms with E-state index in [0.29, 0.717) is 11.6 Å². The zero-order chi connectivity index (χ0) is 19.2. The van der Waals surface area contributed by atoms with Crippen LogP contribution in [0, 0.1) is 0 Å². The van der Waals surface area contributed by atoms with Gasteiger partial charge in [-0.25, -0.2) is 0 Å². The maximum absolute atomic E-state index is 10.1. The lowest BCUT2D eigenvalue weighted by molar-refractivity contribution is 0.0496. The molecular weight excluding hydrogens is 364 g/mol. The molecule has 1 aliphatic rings.